The summed E-state index contributed by atoms with van der Waals surface area (Å²) in [6.45, 7) is 3.91. The van der Waals surface area contributed by atoms with Crippen molar-refractivity contribution in [1.29, 1.82) is 0 Å². The van der Waals surface area contributed by atoms with E-state index >= 15 is 0 Å². The van der Waals surface area contributed by atoms with Gasteiger partial charge in [0.05, 0.1) is 25.3 Å². The summed E-state index contributed by atoms with van der Waals surface area (Å²) >= 11 is 6.21. The molecule has 0 aromatic heterocycles. The van der Waals surface area contributed by atoms with Crippen molar-refractivity contribution in [1.82, 2.24) is 10.6 Å². The average Bonchev–Trinajstić information content (AvgIpc) is 2.71. The van der Waals surface area contributed by atoms with Crippen LogP contribution in [0.25, 0.3) is 0 Å². The van der Waals surface area contributed by atoms with E-state index in [9.17, 15) is 9.59 Å². The Bertz CT molecular complexity index is 929. The minimum Gasteiger partial charge on any atom is -0.497 e. The standard InChI is InChI=1S/C21H21ClN2O5/c1-12-18(20(25)29-11-13-4-7-15(27-2)8-5-13)19(24-21(26)23-12)14-6-9-17(28-3)16(22)10-14/h4-10,18-19H,1,11H2,2-3H3,(H2,23,24,26)/t18-,19-/m1/s1. The van der Waals surface area contributed by atoms with Crippen molar-refractivity contribution in [3.05, 3.63) is 70.9 Å². The van der Waals surface area contributed by atoms with Crippen molar-refractivity contribution < 1.29 is 23.8 Å². The molecule has 0 radical (unpaired) electrons. The van der Waals surface area contributed by atoms with E-state index in [-0.39, 0.29) is 12.3 Å². The number of ether oxygens (including phenoxy) is 3. The van der Waals surface area contributed by atoms with Gasteiger partial charge >= 0.3 is 12.0 Å². The highest BCUT2D eigenvalue weighted by Gasteiger charge is 2.39. The Hall–Kier alpha value is -3.19. The number of rotatable bonds is 6. The summed E-state index contributed by atoms with van der Waals surface area (Å²) in [4.78, 5) is 24.8. The minimum absolute atomic E-state index is 0.0800. The fourth-order valence-corrected chi connectivity index (χ4v) is 3.35. The monoisotopic (exact) mass is 416 g/mol. The zero-order valence-electron chi connectivity index (χ0n) is 16.0. The molecule has 0 spiro atoms. The largest absolute Gasteiger partial charge is 0.497 e. The van der Waals surface area contributed by atoms with Crippen LogP contribution >= 0.6 is 11.6 Å². The molecule has 29 heavy (non-hydrogen) atoms. The van der Waals surface area contributed by atoms with E-state index in [1.54, 1.807) is 37.4 Å². The smallest absolute Gasteiger partial charge is 0.319 e. The highest BCUT2D eigenvalue weighted by atomic mass is 35.5. The summed E-state index contributed by atoms with van der Waals surface area (Å²) < 4.78 is 15.8. The third kappa shape index (κ3) is 4.63. The molecular weight excluding hydrogens is 396 g/mol. The number of amides is 2. The minimum atomic E-state index is -0.824. The lowest BCUT2D eigenvalue weighted by Gasteiger charge is -2.33. The number of esters is 1. The molecule has 3 rings (SSSR count). The fraction of sp³-hybridized carbons (Fsp3) is 0.238. The van der Waals surface area contributed by atoms with Crippen LogP contribution in [0.5, 0.6) is 11.5 Å². The first-order valence-corrected chi connectivity index (χ1v) is 9.20. The number of urea groups is 1. The normalized spacial score (nSPS) is 18.4. The van der Waals surface area contributed by atoms with Gasteiger partial charge in [-0.3, -0.25) is 4.79 Å². The van der Waals surface area contributed by atoms with Crippen LogP contribution < -0.4 is 20.1 Å². The second-order valence-corrected chi connectivity index (χ2v) is 6.84. The molecule has 1 heterocycles. The first-order valence-electron chi connectivity index (χ1n) is 8.82. The molecule has 1 aliphatic heterocycles. The van der Waals surface area contributed by atoms with E-state index in [0.29, 0.717) is 22.1 Å². The van der Waals surface area contributed by atoms with Gasteiger partial charge in [-0.25, -0.2) is 4.79 Å². The topological polar surface area (TPSA) is 85.9 Å². The number of halogens is 1. The van der Waals surface area contributed by atoms with Crippen LogP contribution in [0, 0.1) is 5.92 Å². The lowest BCUT2D eigenvalue weighted by Crippen LogP contribution is -2.51. The number of benzene rings is 2. The molecule has 0 saturated carbocycles. The number of carbonyl (C=O) groups excluding carboxylic acids is 2. The molecule has 2 amide bonds. The van der Waals surface area contributed by atoms with E-state index in [1.165, 1.54) is 7.11 Å². The lowest BCUT2D eigenvalue weighted by molar-refractivity contribution is -0.149. The van der Waals surface area contributed by atoms with Crippen LogP contribution in [0.15, 0.2) is 54.7 Å². The third-order valence-corrected chi connectivity index (χ3v) is 4.89. The molecule has 1 aliphatic rings. The molecule has 1 saturated heterocycles. The van der Waals surface area contributed by atoms with Crippen LogP contribution in [0.1, 0.15) is 17.2 Å². The number of hydrogen-bond donors (Lipinski definition) is 2. The first kappa shape index (κ1) is 20.5. The molecule has 152 valence electrons. The van der Waals surface area contributed by atoms with Crippen molar-refractivity contribution in [3.63, 3.8) is 0 Å². The lowest BCUT2D eigenvalue weighted by atomic mass is 9.89. The molecule has 1 fully saturated rings. The zero-order valence-corrected chi connectivity index (χ0v) is 16.8. The van der Waals surface area contributed by atoms with Crippen LogP contribution in [0.4, 0.5) is 4.79 Å². The van der Waals surface area contributed by atoms with Crippen molar-refractivity contribution in [2.24, 2.45) is 5.92 Å². The van der Waals surface area contributed by atoms with Crippen LogP contribution in [-0.2, 0) is 16.1 Å². The second kappa shape index (κ2) is 8.87. The molecule has 2 aromatic carbocycles. The number of carbonyl (C=O) groups is 2. The summed E-state index contributed by atoms with van der Waals surface area (Å²) in [5.41, 5.74) is 1.70. The van der Waals surface area contributed by atoms with Crippen molar-refractivity contribution >= 4 is 23.6 Å². The predicted octanol–water partition coefficient (Wildman–Crippen LogP) is 3.58. The maximum absolute atomic E-state index is 12.8. The average molecular weight is 417 g/mol. The highest BCUT2D eigenvalue weighted by molar-refractivity contribution is 6.32. The molecule has 2 N–H and O–H groups in total. The number of methoxy groups -OCH3 is 2. The van der Waals surface area contributed by atoms with Crippen LogP contribution in [-0.4, -0.2) is 26.2 Å². The van der Waals surface area contributed by atoms with Gasteiger partial charge < -0.3 is 24.8 Å². The van der Waals surface area contributed by atoms with Gasteiger partial charge in [0.25, 0.3) is 0 Å². The Morgan fingerprint density at radius 1 is 1.14 bits per heavy atom. The van der Waals surface area contributed by atoms with Crippen LogP contribution in [0.3, 0.4) is 0 Å². The quantitative estimate of drug-likeness (QED) is 0.703. The van der Waals surface area contributed by atoms with Gasteiger partial charge in [0.15, 0.2) is 0 Å². The van der Waals surface area contributed by atoms with Gasteiger partial charge in [0.1, 0.15) is 24.0 Å². The maximum Gasteiger partial charge on any atom is 0.319 e. The summed E-state index contributed by atoms with van der Waals surface area (Å²) in [7, 11) is 3.09. The van der Waals surface area contributed by atoms with E-state index < -0.39 is 24.0 Å². The van der Waals surface area contributed by atoms with Gasteiger partial charge in [0.2, 0.25) is 0 Å². The molecule has 2 atom stereocenters. The highest BCUT2D eigenvalue weighted by Crippen LogP contribution is 2.34. The Morgan fingerprint density at radius 3 is 2.48 bits per heavy atom. The predicted molar refractivity (Wildman–Crippen MR) is 108 cm³/mol. The van der Waals surface area contributed by atoms with E-state index in [1.807, 2.05) is 12.1 Å². The maximum atomic E-state index is 12.8. The SMILES string of the molecule is C=C1NC(=O)N[C@H](c2ccc(OC)c(Cl)c2)[C@@H]1C(=O)OCc1ccc(OC)cc1. The molecule has 0 aliphatic carbocycles. The van der Waals surface area contributed by atoms with Gasteiger partial charge in [-0.2, -0.15) is 0 Å². The fourth-order valence-electron chi connectivity index (χ4n) is 3.08. The Morgan fingerprint density at radius 2 is 1.86 bits per heavy atom. The molecule has 2 aromatic rings. The zero-order chi connectivity index (χ0) is 21.0. The first-order chi connectivity index (χ1) is 13.9. The molecule has 0 bridgehead atoms. The van der Waals surface area contributed by atoms with Gasteiger partial charge in [0, 0.05) is 5.70 Å². The van der Waals surface area contributed by atoms with Crippen molar-refractivity contribution in [2.75, 3.05) is 14.2 Å². The second-order valence-electron chi connectivity index (χ2n) is 6.43. The molecule has 8 heteroatoms. The van der Waals surface area contributed by atoms with Gasteiger partial charge in [-0.05, 0) is 35.4 Å². The molecule has 0 unspecified atom stereocenters. The third-order valence-electron chi connectivity index (χ3n) is 4.60. The van der Waals surface area contributed by atoms with Crippen molar-refractivity contribution in [2.45, 2.75) is 12.6 Å². The Balaban J connectivity index is 1.79. The van der Waals surface area contributed by atoms with Gasteiger partial charge in [-0.15, -0.1) is 0 Å². The van der Waals surface area contributed by atoms with Crippen molar-refractivity contribution in [3.8, 4) is 11.5 Å². The molecule has 7 nitrogen and oxygen atoms in total. The van der Waals surface area contributed by atoms with Gasteiger partial charge in [-0.1, -0.05) is 36.4 Å². The summed E-state index contributed by atoms with van der Waals surface area (Å²) in [6.07, 6.45) is 0. The number of nitrogens with one attached hydrogen (secondary N) is 2. The van der Waals surface area contributed by atoms with E-state index in [2.05, 4.69) is 17.2 Å². The Kier molecular flexibility index (Phi) is 6.29. The summed E-state index contributed by atoms with van der Waals surface area (Å²) in [5.74, 6) is -0.136. The summed E-state index contributed by atoms with van der Waals surface area (Å²) in [6, 6.07) is 11.1. The summed E-state index contributed by atoms with van der Waals surface area (Å²) in [5, 5.41) is 5.65. The van der Waals surface area contributed by atoms with E-state index in [4.69, 9.17) is 25.8 Å². The van der Waals surface area contributed by atoms with E-state index in [0.717, 1.165) is 5.56 Å². The molecular formula is C21H21ClN2O5. The van der Waals surface area contributed by atoms with Crippen LogP contribution in [0.2, 0.25) is 5.02 Å². The number of hydrogen-bond acceptors (Lipinski definition) is 5. The Labute approximate surface area is 173 Å².